The van der Waals surface area contributed by atoms with E-state index in [4.69, 9.17) is 9.47 Å². The fourth-order valence-electron chi connectivity index (χ4n) is 3.20. The van der Waals surface area contributed by atoms with Crippen LogP contribution in [0.1, 0.15) is 47.0 Å². The molecule has 0 bridgehead atoms. The van der Waals surface area contributed by atoms with E-state index in [0.29, 0.717) is 0 Å². The Balaban J connectivity index is 0.000000171. The van der Waals surface area contributed by atoms with Gasteiger partial charge in [0.1, 0.15) is 0 Å². The summed E-state index contributed by atoms with van der Waals surface area (Å²) in [5, 5.41) is 0. The van der Waals surface area contributed by atoms with Crippen LogP contribution < -0.4 is 0 Å². The summed E-state index contributed by atoms with van der Waals surface area (Å²) in [5.74, 6) is -0.186. The first-order valence-electron chi connectivity index (χ1n) is 8.77. The van der Waals surface area contributed by atoms with E-state index in [1.165, 1.54) is 32.4 Å². The lowest BCUT2D eigenvalue weighted by Crippen LogP contribution is -2.60. The van der Waals surface area contributed by atoms with Gasteiger partial charge in [-0.3, -0.25) is 4.90 Å². The molecule has 0 aromatic rings. The molecule has 0 N–H and O–H groups in total. The van der Waals surface area contributed by atoms with E-state index in [1.807, 2.05) is 27.7 Å². The molecule has 0 unspecified atom stereocenters. The average Bonchev–Trinajstić information content (AvgIpc) is 2.88. The van der Waals surface area contributed by atoms with Crippen molar-refractivity contribution in [2.24, 2.45) is 5.41 Å². The molecule has 0 aromatic carbocycles. The van der Waals surface area contributed by atoms with Gasteiger partial charge in [0.2, 0.25) is 0 Å². The molecule has 1 aliphatic carbocycles. The normalized spacial score (nSPS) is 27.7. The average molecular weight is 300 g/mol. The summed E-state index contributed by atoms with van der Waals surface area (Å²) >= 11 is 0. The molecule has 4 fully saturated rings. The minimum Gasteiger partial charge on any atom is -0.345 e. The van der Waals surface area contributed by atoms with Gasteiger partial charge in [-0.2, -0.15) is 0 Å². The second kappa shape index (κ2) is 8.47. The summed E-state index contributed by atoms with van der Waals surface area (Å²) in [6, 6.07) is 0. The van der Waals surface area contributed by atoms with Crippen molar-refractivity contribution in [3.63, 3.8) is 0 Å². The molecule has 0 radical (unpaired) electrons. The summed E-state index contributed by atoms with van der Waals surface area (Å²) < 4.78 is 10.8. The predicted octanol–water partition coefficient (Wildman–Crippen LogP) is 2.83. The maximum absolute atomic E-state index is 5.38. The van der Waals surface area contributed by atoms with Crippen molar-refractivity contribution in [2.75, 3.05) is 53.5 Å². The summed E-state index contributed by atoms with van der Waals surface area (Å²) in [7, 11) is 4.30. The molecule has 4 heteroatoms. The first kappa shape index (κ1) is 18.9. The van der Waals surface area contributed by atoms with Gasteiger partial charge >= 0.3 is 0 Å². The van der Waals surface area contributed by atoms with Gasteiger partial charge in [-0.25, -0.2) is 0 Å². The molecule has 1 saturated carbocycles. The van der Waals surface area contributed by atoms with Crippen molar-refractivity contribution in [3.05, 3.63) is 0 Å². The second-order valence-electron chi connectivity index (χ2n) is 6.27. The highest BCUT2D eigenvalue weighted by Gasteiger charge is 2.46. The Morgan fingerprint density at radius 3 is 1.52 bits per heavy atom. The van der Waals surface area contributed by atoms with Crippen LogP contribution >= 0.6 is 0 Å². The van der Waals surface area contributed by atoms with Gasteiger partial charge in [-0.1, -0.05) is 27.7 Å². The van der Waals surface area contributed by atoms with Gasteiger partial charge in [0, 0.05) is 6.54 Å². The molecule has 126 valence electrons. The van der Waals surface area contributed by atoms with Crippen LogP contribution in [0.3, 0.4) is 0 Å². The number of likely N-dealkylation sites (tertiary alicyclic amines) is 2. The Hall–Kier alpha value is -0.160. The van der Waals surface area contributed by atoms with Crippen molar-refractivity contribution in [1.82, 2.24) is 9.80 Å². The lowest BCUT2D eigenvalue weighted by atomic mass is 10.1. The summed E-state index contributed by atoms with van der Waals surface area (Å²) in [6.45, 7) is 14.1. The number of rotatable bonds is 0. The summed E-state index contributed by atoms with van der Waals surface area (Å²) in [5.41, 5.74) is 0.842. The third-order valence-electron chi connectivity index (χ3n) is 4.42. The van der Waals surface area contributed by atoms with Crippen molar-refractivity contribution in [2.45, 2.75) is 52.7 Å². The van der Waals surface area contributed by atoms with E-state index in [-0.39, 0.29) is 5.79 Å². The Kier molecular flexibility index (Phi) is 7.62. The molecule has 2 spiro atoms. The monoisotopic (exact) mass is 300 g/mol. The van der Waals surface area contributed by atoms with Gasteiger partial charge in [-0.05, 0) is 45.3 Å². The number of hydrogen-bond acceptors (Lipinski definition) is 4. The summed E-state index contributed by atoms with van der Waals surface area (Å²) in [4.78, 5) is 4.64. The standard InChI is InChI=1S/C7H13N.C6H11NO2.2C2H6/c1-8-5-4-7(6-8)2-3-7;1-7-4-6(5-7)8-2-3-9-6;2*1-2/h2-6H2,1H3;2-5H2,1H3;2*1-2H3. The number of likely N-dealkylation sites (N-methyl/N-ethyl adjacent to an activating group) is 1. The fourth-order valence-corrected chi connectivity index (χ4v) is 3.20. The van der Waals surface area contributed by atoms with Crippen LogP contribution in [0, 0.1) is 5.41 Å². The second-order valence-corrected chi connectivity index (χ2v) is 6.27. The highest BCUT2D eigenvalue weighted by molar-refractivity contribution is 4.99. The Morgan fingerprint density at radius 2 is 1.24 bits per heavy atom. The van der Waals surface area contributed by atoms with Crippen LogP contribution in [-0.2, 0) is 9.47 Å². The van der Waals surface area contributed by atoms with Crippen LogP contribution in [-0.4, -0.2) is 69.1 Å². The van der Waals surface area contributed by atoms with Gasteiger partial charge in [0.25, 0.3) is 0 Å². The molecule has 0 aromatic heterocycles. The van der Waals surface area contributed by atoms with Crippen molar-refractivity contribution < 1.29 is 9.47 Å². The maximum atomic E-state index is 5.38. The van der Waals surface area contributed by atoms with E-state index in [1.54, 1.807) is 0 Å². The SMILES string of the molecule is CC.CC.CN1CC2(C1)OCCO2.CN1CCC2(CC2)C1. The van der Waals surface area contributed by atoms with Crippen molar-refractivity contribution >= 4 is 0 Å². The van der Waals surface area contributed by atoms with Crippen LogP contribution in [0.2, 0.25) is 0 Å². The first-order valence-corrected chi connectivity index (χ1v) is 8.77. The molecule has 4 rings (SSSR count). The van der Waals surface area contributed by atoms with E-state index in [0.717, 1.165) is 31.7 Å². The number of nitrogens with zero attached hydrogens (tertiary/aromatic N) is 2. The molecule has 3 aliphatic heterocycles. The molecule has 3 heterocycles. The maximum Gasteiger partial charge on any atom is 0.194 e. The summed E-state index contributed by atoms with van der Waals surface area (Å²) in [6.07, 6.45) is 4.50. The Bertz CT molecular complexity index is 279. The minimum absolute atomic E-state index is 0.186. The zero-order chi connectivity index (χ0) is 15.9. The van der Waals surface area contributed by atoms with E-state index >= 15 is 0 Å². The van der Waals surface area contributed by atoms with Gasteiger partial charge in [0.15, 0.2) is 5.79 Å². The molecule has 4 nitrogen and oxygen atoms in total. The van der Waals surface area contributed by atoms with Crippen molar-refractivity contribution in [1.29, 1.82) is 0 Å². The van der Waals surface area contributed by atoms with E-state index in [9.17, 15) is 0 Å². The quantitative estimate of drug-likeness (QED) is 0.687. The molecule has 0 amide bonds. The van der Waals surface area contributed by atoms with E-state index < -0.39 is 0 Å². The predicted molar refractivity (Wildman–Crippen MR) is 88.6 cm³/mol. The highest BCUT2D eigenvalue weighted by atomic mass is 16.7. The zero-order valence-corrected chi connectivity index (χ0v) is 15.1. The molecular formula is C17H36N2O2. The molecular weight excluding hydrogens is 264 g/mol. The fraction of sp³-hybridized carbons (Fsp3) is 1.00. The third-order valence-corrected chi connectivity index (χ3v) is 4.42. The van der Waals surface area contributed by atoms with Gasteiger partial charge in [-0.15, -0.1) is 0 Å². The number of ether oxygens (including phenoxy) is 2. The Morgan fingerprint density at radius 1 is 0.714 bits per heavy atom. The van der Waals surface area contributed by atoms with Gasteiger partial charge < -0.3 is 14.4 Å². The Labute approximate surface area is 131 Å². The molecule has 3 saturated heterocycles. The highest BCUT2D eigenvalue weighted by Crippen LogP contribution is 2.52. The van der Waals surface area contributed by atoms with Crippen LogP contribution in [0.5, 0.6) is 0 Å². The molecule has 0 atom stereocenters. The molecule has 4 aliphatic rings. The third kappa shape index (κ3) is 5.20. The van der Waals surface area contributed by atoms with Gasteiger partial charge in [0.05, 0.1) is 26.3 Å². The lowest BCUT2D eigenvalue weighted by molar-refractivity contribution is -0.232. The van der Waals surface area contributed by atoms with Crippen molar-refractivity contribution in [3.8, 4) is 0 Å². The minimum atomic E-state index is -0.186. The largest absolute Gasteiger partial charge is 0.345 e. The first-order chi connectivity index (χ1) is 10.1. The van der Waals surface area contributed by atoms with E-state index in [2.05, 4.69) is 23.9 Å². The topological polar surface area (TPSA) is 24.9 Å². The smallest absolute Gasteiger partial charge is 0.194 e. The lowest BCUT2D eigenvalue weighted by Gasteiger charge is -2.43. The molecule has 21 heavy (non-hydrogen) atoms. The van der Waals surface area contributed by atoms with Crippen LogP contribution in [0.25, 0.3) is 0 Å². The number of hydrogen-bond donors (Lipinski definition) is 0. The van der Waals surface area contributed by atoms with Crippen LogP contribution in [0.15, 0.2) is 0 Å². The van der Waals surface area contributed by atoms with Crippen LogP contribution in [0.4, 0.5) is 0 Å². The zero-order valence-electron chi connectivity index (χ0n) is 15.1.